The standard InChI is InChI=1S/C17H17N5O2S/c1-2-24-16(23)7-14-11-25-17(21-14)22-20-8-12-5-3-4-6-15(12)13-9-18-19-10-13/h3-6,8-11H,2,7H2,1H3,(H,18,19)(H,21,22). The summed E-state index contributed by atoms with van der Waals surface area (Å²) >= 11 is 1.39. The number of carbonyl (C=O) groups excluding carboxylic acids is 1. The van der Waals surface area contributed by atoms with E-state index >= 15 is 0 Å². The van der Waals surface area contributed by atoms with Crippen molar-refractivity contribution in [2.24, 2.45) is 5.10 Å². The van der Waals surface area contributed by atoms with Gasteiger partial charge in [0.05, 0.1) is 31.1 Å². The molecule has 0 aliphatic carbocycles. The van der Waals surface area contributed by atoms with E-state index in [0.29, 0.717) is 17.4 Å². The van der Waals surface area contributed by atoms with Gasteiger partial charge < -0.3 is 4.74 Å². The molecule has 128 valence electrons. The summed E-state index contributed by atoms with van der Waals surface area (Å²) in [6.07, 6.45) is 5.50. The quantitative estimate of drug-likeness (QED) is 0.386. The number of ether oxygens (including phenoxy) is 1. The molecule has 7 nitrogen and oxygen atoms in total. The first-order valence-corrected chi connectivity index (χ1v) is 8.61. The molecule has 0 amide bonds. The molecule has 0 fully saturated rings. The van der Waals surface area contributed by atoms with E-state index in [1.54, 1.807) is 19.3 Å². The Hall–Kier alpha value is -3.00. The minimum atomic E-state index is -0.281. The topological polar surface area (TPSA) is 92.3 Å². The zero-order valence-electron chi connectivity index (χ0n) is 13.6. The lowest BCUT2D eigenvalue weighted by Crippen LogP contribution is -2.07. The second kappa shape index (κ2) is 8.20. The predicted octanol–water partition coefficient (Wildman–Crippen LogP) is 3.08. The maximum atomic E-state index is 11.5. The van der Waals surface area contributed by atoms with Crippen molar-refractivity contribution < 1.29 is 9.53 Å². The number of carbonyl (C=O) groups is 1. The third-order valence-electron chi connectivity index (χ3n) is 3.32. The molecule has 2 N–H and O–H groups in total. The summed E-state index contributed by atoms with van der Waals surface area (Å²) in [6, 6.07) is 7.90. The molecule has 1 aromatic carbocycles. The molecule has 8 heteroatoms. The van der Waals surface area contributed by atoms with E-state index in [-0.39, 0.29) is 12.4 Å². The molecule has 0 radical (unpaired) electrons. The number of aromatic nitrogens is 3. The van der Waals surface area contributed by atoms with Gasteiger partial charge in [0.2, 0.25) is 5.13 Å². The molecule has 2 heterocycles. The van der Waals surface area contributed by atoms with Crippen LogP contribution in [0.4, 0.5) is 5.13 Å². The number of thiazole rings is 1. The van der Waals surface area contributed by atoms with Crippen molar-refractivity contribution in [3.05, 3.63) is 53.3 Å². The molecule has 2 aromatic heterocycles. The number of nitrogens with zero attached hydrogens (tertiary/aromatic N) is 3. The van der Waals surface area contributed by atoms with Crippen LogP contribution in [-0.4, -0.2) is 34.0 Å². The Bertz CT molecular complexity index is 858. The minimum absolute atomic E-state index is 0.166. The Morgan fingerprint density at radius 3 is 3.12 bits per heavy atom. The number of aromatic amines is 1. The maximum Gasteiger partial charge on any atom is 0.311 e. The molecule has 0 spiro atoms. The van der Waals surface area contributed by atoms with Crippen molar-refractivity contribution >= 4 is 28.7 Å². The zero-order valence-corrected chi connectivity index (χ0v) is 14.4. The van der Waals surface area contributed by atoms with Crippen LogP contribution in [0.5, 0.6) is 0 Å². The minimum Gasteiger partial charge on any atom is -0.466 e. The number of rotatable bonds is 7. The number of esters is 1. The van der Waals surface area contributed by atoms with Crippen LogP contribution in [0.15, 0.2) is 47.1 Å². The van der Waals surface area contributed by atoms with Crippen LogP contribution in [0.1, 0.15) is 18.2 Å². The molecule has 0 saturated carbocycles. The summed E-state index contributed by atoms with van der Waals surface area (Å²) in [4.78, 5) is 15.8. The molecule has 3 aromatic rings. The van der Waals surface area contributed by atoms with Gasteiger partial charge in [0.25, 0.3) is 0 Å². The van der Waals surface area contributed by atoms with Crippen LogP contribution in [-0.2, 0) is 16.0 Å². The lowest BCUT2D eigenvalue weighted by Gasteiger charge is -2.02. The van der Waals surface area contributed by atoms with E-state index in [1.807, 2.05) is 35.8 Å². The van der Waals surface area contributed by atoms with Gasteiger partial charge in [-0.15, -0.1) is 11.3 Å². The molecule has 0 bridgehead atoms. The summed E-state index contributed by atoms with van der Waals surface area (Å²) in [5, 5.41) is 13.5. The van der Waals surface area contributed by atoms with Gasteiger partial charge in [0.15, 0.2) is 0 Å². The van der Waals surface area contributed by atoms with E-state index < -0.39 is 0 Å². The number of anilines is 1. The van der Waals surface area contributed by atoms with Crippen molar-refractivity contribution in [3.63, 3.8) is 0 Å². The summed E-state index contributed by atoms with van der Waals surface area (Å²) in [5.74, 6) is -0.281. The van der Waals surface area contributed by atoms with Crippen LogP contribution in [0.3, 0.4) is 0 Å². The van der Waals surface area contributed by atoms with Crippen LogP contribution < -0.4 is 5.43 Å². The van der Waals surface area contributed by atoms with Crippen molar-refractivity contribution in [2.45, 2.75) is 13.3 Å². The first-order valence-electron chi connectivity index (χ1n) is 7.73. The van der Waals surface area contributed by atoms with Crippen molar-refractivity contribution in [1.29, 1.82) is 0 Å². The number of benzene rings is 1. The van der Waals surface area contributed by atoms with Crippen LogP contribution in [0.2, 0.25) is 0 Å². The SMILES string of the molecule is CCOC(=O)Cc1csc(NN=Cc2ccccc2-c2cn[nH]c2)n1. The highest BCUT2D eigenvalue weighted by molar-refractivity contribution is 7.13. The molecular formula is C17H17N5O2S. The summed E-state index contributed by atoms with van der Waals surface area (Å²) in [7, 11) is 0. The van der Waals surface area contributed by atoms with Gasteiger partial charge in [-0.3, -0.25) is 15.3 Å². The second-order valence-electron chi connectivity index (χ2n) is 5.07. The third kappa shape index (κ3) is 4.51. The number of nitrogens with one attached hydrogen (secondary N) is 2. The Kier molecular flexibility index (Phi) is 5.53. The fourth-order valence-corrected chi connectivity index (χ4v) is 2.89. The highest BCUT2D eigenvalue weighted by atomic mass is 32.1. The van der Waals surface area contributed by atoms with Gasteiger partial charge in [-0.1, -0.05) is 24.3 Å². The monoisotopic (exact) mass is 355 g/mol. The summed E-state index contributed by atoms with van der Waals surface area (Å²) in [6.45, 7) is 2.15. The van der Waals surface area contributed by atoms with Crippen LogP contribution in [0.25, 0.3) is 11.1 Å². The normalized spacial score (nSPS) is 10.9. The number of hydrazone groups is 1. The van der Waals surface area contributed by atoms with Gasteiger partial charge in [-0.05, 0) is 12.5 Å². The van der Waals surface area contributed by atoms with Crippen molar-refractivity contribution in [2.75, 3.05) is 12.0 Å². The Morgan fingerprint density at radius 2 is 2.32 bits per heavy atom. The Labute approximate surface area is 148 Å². The average Bonchev–Trinajstić information content (AvgIpc) is 3.28. The summed E-state index contributed by atoms with van der Waals surface area (Å²) in [5.41, 5.74) is 6.54. The maximum absolute atomic E-state index is 11.5. The lowest BCUT2D eigenvalue weighted by atomic mass is 10.0. The molecule has 0 aliphatic heterocycles. The van der Waals surface area contributed by atoms with E-state index in [9.17, 15) is 4.79 Å². The predicted molar refractivity (Wildman–Crippen MR) is 97.7 cm³/mol. The van der Waals surface area contributed by atoms with Gasteiger partial charge in [-0.2, -0.15) is 10.2 Å². The lowest BCUT2D eigenvalue weighted by molar-refractivity contribution is -0.142. The van der Waals surface area contributed by atoms with E-state index in [4.69, 9.17) is 4.74 Å². The zero-order chi connectivity index (χ0) is 17.5. The molecule has 0 saturated heterocycles. The smallest absolute Gasteiger partial charge is 0.311 e. The third-order valence-corrected chi connectivity index (χ3v) is 4.11. The van der Waals surface area contributed by atoms with E-state index in [2.05, 4.69) is 25.7 Å². The fourth-order valence-electron chi connectivity index (χ4n) is 2.23. The highest BCUT2D eigenvalue weighted by Crippen LogP contribution is 2.21. The fraction of sp³-hybridized carbons (Fsp3) is 0.176. The molecule has 0 aliphatic rings. The van der Waals surface area contributed by atoms with Gasteiger partial charge in [0, 0.05) is 22.7 Å². The number of H-pyrrole nitrogens is 1. The van der Waals surface area contributed by atoms with E-state index in [1.165, 1.54) is 11.3 Å². The van der Waals surface area contributed by atoms with Gasteiger partial charge in [0.1, 0.15) is 0 Å². The van der Waals surface area contributed by atoms with Gasteiger partial charge in [-0.25, -0.2) is 4.98 Å². The van der Waals surface area contributed by atoms with Crippen LogP contribution >= 0.6 is 11.3 Å². The van der Waals surface area contributed by atoms with E-state index in [0.717, 1.165) is 16.7 Å². The Morgan fingerprint density at radius 1 is 1.44 bits per heavy atom. The second-order valence-corrected chi connectivity index (χ2v) is 5.93. The molecule has 0 atom stereocenters. The average molecular weight is 355 g/mol. The van der Waals surface area contributed by atoms with Crippen molar-refractivity contribution in [3.8, 4) is 11.1 Å². The molecule has 0 unspecified atom stereocenters. The molecule has 25 heavy (non-hydrogen) atoms. The van der Waals surface area contributed by atoms with Gasteiger partial charge >= 0.3 is 5.97 Å². The largest absolute Gasteiger partial charge is 0.466 e. The first-order chi connectivity index (χ1) is 12.3. The van der Waals surface area contributed by atoms with Crippen LogP contribution in [0, 0.1) is 0 Å². The van der Waals surface area contributed by atoms with Crippen molar-refractivity contribution in [1.82, 2.24) is 15.2 Å². The molecule has 3 rings (SSSR count). The molecular weight excluding hydrogens is 338 g/mol. The number of hydrogen-bond acceptors (Lipinski definition) is 7. The number of hydrogen-bond donors (Lipinski definition) is 2. The highest BCUT2D eigenvalue weighted by Gasteiger charge is 2.08. The first kappa shape index (κ1) is 16.8. The Balaban J connectivity index is 1.65. The summed E-state index contributed by atoms with van der Waals surface area (Å²) < 4.78 is 4.91.